The highest BCUT2D eigenvalue weighted by molar-refractivity contribution is 7.20. The highest BCUT2D eigenvalue weighted by atomic mass is 32.1. The van der Waals surface area contributed by atoms with Gasteiger partial charge in [-0.05, 0) is 49.6 Å². The van der Waals surface area contributed by atoms with Gasteiger partial charge in [0, 0.05) is 25.4 Å². The molecule has 0 unspecified atom stereocenters. The van der Waals surface area contributed by atoms with Gasteiger partial charge in [-0.3, -0.25) is 0 Å². The molecule has 188 valence electrons. The standard InChI is InChI=1S/C25H33N5O4S/c1-5-11-32-15-16-34-13-9-30(8-12-33-14-10-31)21-6-7-23(19(2)17-21)28-29-25-22(18-26)20(3)24(27-4)35-25/h6-7,17,31H,5,8-16H2,1-3H3. The smallest absolute Gasteiger partial charge is 0.247 e. The van der Waals surface area contributed by atoms with Crippen LogP contribution in [0.1, 0.15) is 30.0 Å². The number of aliphatic hydroxyl groups excluding tert-OH is 1. The molecule has 1 heterocycles. The van der Waals surface area contributed by atoms with Gasteiger partial charge in [0.1, 0.15) is 11.1 Å². The van der Waals surface area contributed by atoms with Crippen molar-refractivity contribution in [1.29, 1.82) is 5.26 Å². The molecule has 0 atom stereocenters. The number of hydrogen-bond acceptors (Lipinski definition) is 9. The largest absolute Gasteiger partial charge is 0.394 e. The molecule has 0 saturated heterocycles. The maximum absolute atomic E-state index is 9.41. The van der Waals surface area contributed by atoms with Crippen LogP contribution in [0.25, 0.3) is 4.85 Å². The minimum atomic E-state index is -0.00561. The Labute approximate surface area is 211 Å². The van der Waals surface area contributed by atoms with Crippen molar-refractivity contribution in [2.75, 3.05) is 64.2 Å². The van der Waals surface area contributed by atoms with Gasteiger partial charge >= 0.3 is 0 Å². The number of rotatable bonds is 16. The number of aryl methyl sites for hydroxylation is 1. The number of thiophene rings is 1. The van der Waals surface area contributed by atoms with E-state index in [1.807, 2.05) is 25.1 Å². The van der Waals surface area contributed by atoms with Gasteiger partial charge in [0.2, 0.25) is 5.00 Å². The Morgan fingerprint density at radius 3 is 2.34 bits per heavy atom. The molecule has 2 aromatic rings. The maximum atomic E-state index is 9.41. The lowest BCUT2D eigenvalue weighted by atomic mass is 10.1. The highest BCUT2D eigenvalue weighted by Crippen LogP contribution is 2.41. The lowest BCUT2D eigenvalue weighted by molar-refractivity contribution is 0.0498. The molecule has 1 aromatic heterocycles. The van der Waals surface area contributed by atoms with Crippen molar-refractivity contribution >= 4 is 32.7 Å². The number of azo groups is 1. The van der Waals surface area contributed by atoms with Gasteiger partial charge in [-0.25, -0.2) is 4.85 Å². The summed E-state index contributed by atoms with van der Waals surface area (Å²) in [5, 5.41) is 27.9. The Hall–Kier alpha value is -2.86. The Bertz CT molecular complexity index is 1040. The summed E-state index contributed by atoms with van der Waals surface area (Å²) >= 11 is 1.17. The van der Waals surface area contributed by atoms with Gasteiger partial charge < -0.3 is 24.2 Å². The quantitative estimate of drug-likeness (QED) is 0.187. The van der Waals surface area contributed by atoms with Crippen molar-refractivity contribution in [2.45, 2.75) is 27.2 Å². The number of ether oxygens (including phenoxy) is 3. The second-order valence-electron chi connectivity index (χ2n) is 7.65. The molecular formula is C25H33N5O4S. The van der Waals surface area contributed by atoms with Crippen LogP contribution in [0.5, 0.6) is 0 Å². The molecule has 0 amide bonds. The number of benzene rings is 1. The fourth-order valence-electron chi connectivity index (χ4n) is 3.20. The lowest BCUT2D eigenvalue weighted by Gasteiger charge is -2.25. The molecule has 0 bridgehead atoms. The third kappa shape index (κ3) is 9.02. The predicted octanol–water partition coefficient (Wildman–Crippen LogP) is 5.46. The Balaban J connectivity index is 2.08. The first kappa shape index (κ1) is 28.4. The van der Waals surface area contributed by atoms with Crippen LogP contribution >= 0.6 is 11.3 Å². The maximum Gasteiger partial charge on any atom is 0.247 e. The van der Waals surface area contributed by atoms with Crippen LogP contribution in [0.2, 0.25) is 0 Å². The summed E-state index contributed by atoms with van der Waals surface area (Å²) in [4.78, 5) is 5.62. The zero-order valence-electron chi connectivity index (χ0n) is 20.6. The zero-order chi connectivity index (χ0) is 25.5. The third-order valence-electron chi connectivity index (χ3n) is 5.08. The molecule has 9 nitrogen and oxygen atoms in total. The molecule has 2 rings (SSSR count). The molecule has 0 aliphatic carbocycles. The van der Waals surface area contributed by atoms with Crippen molar-refractivity contribution in [3.05, 3.63) is 46.3 Å². The molecule has 1 N–H and O–H groups in total. The topological polar surface area (TPSA) is 104 Å². The van der Waals surface area contributed by atoms with E-state index in [0.717, 1.165) is 24.3 Å². The van der Waals surface area contributed by atoms with Crippen LogP contribution < -0.4 is 4.90 Å². The average Bonchev–Trinajstić information content (AvgIpc) is 3.18. The molecule has 0 spiro atoms. The van der Waals surface area contributed by atoms with Crippen LogP contribution in [0.3, 0.4) is 0 Å². The average molecular weight is 500 g/mol. The Kier molecular flexibility index (Phi) is 12.9. The van der Waals surface area contributed by atoms with Gasteiger partial charge in [0.25, 0.3) is 0 Å². The van der Waals surface area contributed by atoms with Gasteiger partial charge in [-0.1, -0.05) is 6.92 Å². The number of aliphatic hydroxyl groups is 1. The summed E-state index contributed by atoms with van der Waals surface area (Å²) in [7, 11) is 0. The van der Waals surface area contributed by atoms with E-state index in [1.54, 1.807) is 6.92 Å². The molecule has 35 heavy (non-hydrogen) atoms. The number of nitrogens with zero attached hydrogens (tertiary/aromatic N) is 5. The Morgan fingerprint density at radius 2 is 1.74 bits per heavy atom. The first-order valence-corrected chi connectivity index (χ1v) is 12.4. The highest BCUT2D eigenvalue weighted by Gasteiger charge is 2.15. The van der Waals surface area contributed by atoms with E-state index in [4.69, 9.17) is 25.9 Å². The summed E-state index contributed by atoms with van der Waals surface area (Å²) < 4.78 is 16.6. The van der Waals surface area contributed by atoms with Gasteiger partial charge in [-0.15, -0.1) is 21.6 Å². The molecule has 10 heteroatoms. The number of nitriles is 1. The van der Waals surface area contributed by atoms with E-state index in [1.165, 1.54) is 11.3 Å². The molecule has 1 aromatic carbocycles. The first-order valence-electron chi connectivity index (χ1n) is 11.6. The summed E-state index contributed by atoms with van der Waals surface area (Å²) in [6.45, 7) is 17.6. The fourth-order valence-corrected chi connectivity index (χ4v) is 4.06. The van der Waals surface area contributed by atoms with Crippen molar-refractivity contribution in [3.63, 3.8) is 0 Å². The van der Waals surface area contributed by atoms with E-state index < -0.39 is 0 Å². The third-order valence-corrected chi connectivity index (χ3v) is 6.15. The molecule has 0 aliphatic heterocycles. The lowest BCUT2D eigenvalue weighted by Crippen LogP contribution is -2.31. The predicted molar refractivity (Wildman–Crippen MR) is 137 cm³/mol. The SMILES string of the molecule is [C-]#[N+]c1sc(N=Nc2ccc(N(CCOCCO)CCOCCOCCC)cc2C)c(C#N)c1C. The second-order valence-corrected chi connectivity index (χ2v) is 8.63. The second kappa shape index (κ2) is 15.9. The summed E-state index contributed by atoms with van der Waals surface area (Å²) in [6, 6.07) is 8.00. The van der Waals surface area contributed by atoms with Crippen LogP contribution in [0.4, 0.5) is 21.4 Å². The zero-order valence-corrected chi connectivity index (χ0v) is 21.4. The van der Waals surface area contributed by atoms with Gasteiger partial charge in [0.15, 0.2) is 0 Å². The summed E-state index contributed by atoms with van der Waals surface area (Å²) in [6.07, 6.45) is 0.991. The van der Waals surface area contributed by atoms with Crippen molar-refractivity contribution in [1.82, 2.24) is 0 Å². The number of hydrogen-bond donors (Lipinski definition) is 1. The van der Waals surface area contributed by atoms with E-state index in [9.17, 15) is 5.26 Å². The molecule has 0 fully saturated rings. The Morgan fingerprint density at radius 1 is 1.06 bits per heavy atom. The van der Waals surface area contributed by atoms with E-state index in [2.05, 4.69) is 33.0 Å². The minimum absolute atomic E-state index is 0.00561. The van der Waals surface area contributed by atoms with Crippen molar-refractivity contribution < 1.29 is 19.3 Å². The molecule has 0 aliphatic rings. The minimum Gasteiger partial charge on any atom is -0.394 e. The van der Waals surface area contributed by atoms with E-state index in [0.29, 0.717) is 72.9 Å². The van der Waals surface area contributed by atoms with Crippen molar-refractivity contribution in [2.24, 2.45) is 10.2 Å². The molecule has 0 saturated carbocycles. The van der Waals surface area contributed by atoms with Crippen LogP contribution in [-0.2, 0) is 14.2 Å². The van der Waals surface area contributed by atoms with Crippen LogP contribution in [0, 0.1) is 31.8 Å². The first-order chi connectivity index (χ1) is 17.0. The summed E-state index contributed by atoms with van der Waals surface area (Å²) in [5.74, 6) is 0. The summed E-state index contributed by atoms with van der Waals surface area (Å²) in [5.41, 5.74) is 3.66. The van der Waals surface area contributed by atoms with Crippen molar-refractivity contribution in [3.8, 4) is 6.07 Å². The van der Waals surface area contributed by atoms with Gasteiger partial charge in [0.05, 0.1) is 57.5 Å². The monoisotopic (exact) mass is 499 g/mol. The molecule has 0 radical (unpaired) electrons. The fraction of sp³-hybridized carbons (Fsp3) is 0.520. The molecular weight excluding hydrogens is 466 g/mol. The van der Waals surface area contributed by atoms with Crippen LogP contribution in [-0.4, -0.2) is 64.4 Å². The number of anilines is 1. The van der Waals surface area contributed by atoms with Crippen LogP contribution in [0.15, 0.2) is 28.4 Å². The van der Waals surface area contributed by atoms with Gasteiger partial charge in [-0.2, -0.15) is 5.26 Å². The normalized spacial score (nSPS) is 11.0. The van der Waals surface area contributed by atoms with E-state index in [-0.39, 0.29) is 6.61 Å². The van der Waals surface area contributed by atoms with E-state index >= 15 is 0 Å².